The van der Waals surface area contributed by atoms with Crippen LogP contribution >= 0.6 is 0 Å². The Morgan fingerprint density at radius 1 is 1.45 bits per heavy atom. The summed E-state index contributed by atoms with van der Waals surface area (Å²) in [4.78, 5) is 9.59. The van der Waals surface area contributed by atoms with Crippen LogP contribution in [0.3, 0.4) is 0 Å². The molecule has 0 aliphatic heterocycles. The van der Waals surface area contributed by atoms with E-state index < -0.39 is 16.8 Å². The highest BCUT2D eigenvalue weighted by Crippen LogP contribution is 2.28. The van der Waals surface area contributed by atoms with Gasteiger partial charge in [0, 0.05) is 12.8 Å². The number of nitrogens with zero attached hydrogens (tertiary/aromatic N) is 1. The molecular formula is C6H11NO4. The Morgan fingerprint density at radius 2 is 1.91 bits per heavy atom. The largest absolute Gasteiger partial charge is 0.393 e. The second-order valence-electron chi connectivity index (χ2n) is 2.97. The predicted octanol–water partition coefficient (Wildman–Crippen LogP) is -0.113. The lowest BCUT2D eigenvalue weighted by atomic mass is 9.90. The van der Waals surface area contributed by atoms with Crippen LogP contribution in [0.1, 0.15) is 25.7 Å². The summed E-state index contributed by atoms with van der Waals surface area (Å²) >= 11 is 0. The van der Waals surface area contributed by atoms with Crippen LogP contribution in [-0.4, -0.2) is 27.0 Å². The minimum absolute atomic E-state index is 0.0567. The van der Waals surface area contributed by atoms with Crippen molar-refractivity contribution in [2.45, 2.75) is 37.5 Å². The normalized spacial score (nSPS) is 38.5. The molecule has 0 aromatic carbocycles. The van der Waals surface area contributed by atoms with Gasteiger partial charge in [-0.3, -0.25) is 10.1 Å². The summed E-state index contributed by atoms with van der Waals surface area (Å²) in [5, 5.41) is 28.5. The van der Waals surface area contributed by atoms with E-state index in [0.29, 0.717) is 12.8 Å². The first-order chi connectivity index (χ1) is 5.04. The van der Waals surface area contributed by atoms with Gasteiger partial charge in [0.25, 0.3) is 0 Å². The lowest BCUT2D eigenvalue weighted by Gasteiger charge is -2.26. The molecule has 5 heteroatoms. The van der Waals surface area contributed by atoms with Crippen LogP contribution < -0.4 is 0 Å². The predicted molar refractivity (Wildman–Crippen MR) is 36.4 cm³/mol. The van der Waals surface area contributed by atoms with Gasteiger partial charge in [-0.1, -0.05) is 0 Å². The molecule has 64 valence electrons. The standard InChI is InChI=1S/C6H11NO4/c8-5-1-3-6(9,4-2-5)7(10)11/h5,8-9H,1-4H2. The van der Waals surface area contributed by atoms with Crippen molar-refractivity contribution in [3.8, 4) is 0 Å². The molecule has 0 spiro atoms. The average molecular weight is 161 g/mol. The van der Waals surface area contributed by atoms with Gasteiger partial charge in [-0.15, -0.1) is 0 Å². The zero-order valence-electron chi connectivity index (χ0n) is 6.06. The highest BCUT2D eigenvalue weighted by molar-refractivity contribution is 4.76. The molecule has 0 atom stereocenters. The Hall–Kier alpha value is -0.680. The monoisotopic (exact) mass is 161 g/mol. The molecule has 11 heavy (non-hydrogen) atoms. The molecule has 1 fully saturated rings. The molecule has 1 aliphatic carbocycles. The number of aliphatic hydroxyl groups is 2. The van der Waals surface area contributed by atoms with Crippen molar-refractivity contribution in [2.24, 2.45) is 0 Å². The maximum absolute atomic E-state index is 10.3. The molecule has 0 amide bonds. The second kappa shape index (κ2) is 2.75. The van der Waals surface area contributed by atoms with E-state index in [-0.39, 0.29) is 12.8 Å². The fourth-order valence-electron chi connectivity index (χ4n) is 1.25. The van der Waals surface area contributed by atoms with E-state index in [2.05, 4.69) is 0 Å². The fourth-order valence-corrected chi connectivity index (χ4v) is 1.25. The summed E-state index contributed by atoms with van der Waals surface area (Å²) in [5.74, 6) is 0. The van der Waals surface area contributed by atoms with E-state index in [1.54, 1.807) is 0 Å². The van der Waals surface area contributed by atoms with Crippen molar-refractivity contribution < 1.29 is 15.1 Å². The fraction of sp³-hybridized carbons (Fsp3) is 1.00. The van der Waals surface area contributed by atoms with Crippen molar-refractivity contribution in [1.29, 1.82) is 0 Å². The van der Waals surface area contributed by atoms with Gasteiger partial charge in [-0.05, 0) is 12.8 Å². The smallest absolute Gasteiger partial charge is 0.322 e. The minimum Gasteiger partial charge on any atom is -0.393 e. The number of hydrogen-bond donors (Lipinski definition) is 2. The van der Waals surface area contributed by atoms with E-state index in [1.807, 2.05) is 0 Å². The molecule has 0 radical (unpaired) electrons. The number of nitro groups is 1. The van der Waals surface area contributed by atoms with Crippen LogP contribution in [-0.2, 0) is 0 Å². The first kappa shape index (κ1) is 8.42. The third-order valence-electron chi connectivity index (χ3n) is 2.10. The molecule has 0 aromatic rings. The molecule has 5 nitrogen and oxygen atoms in total. The molecule has 0 unspecified atom stereocenters. The van der Waals surface area contributed by atoms with E-state index >= 15 is 0 Å². The number of rotatable bonds is 1. The zero-order valence-corrected chi connectivity index (χ0v) is 6.06. The molecule has 0 saturated heterocycles. The van der Waals surface area contributed by atoms with Gasteiger partial charge in [-0.25, -0.2) is 0 Å². The van der Waals surface area contributed by atoms with Crippen molar-refractivity contribution in [1.82, 2.24) is 0 Å². The third kappa shape index (κ3) is 1.66. The zero-order chi connectivity index (χ0) is 8.48. The lowest BCUT2D eigenvalue weighted by Crippen LogP contribution is -2.42. The third-order valence-corrected chi connectivity index (χ3v) is 2.10. The molecule has 1 aliphatic rings. The lowest BCUT2D eigenvalue weighted by molar-refractivity contribution is -0.630. The van der Waals surface area contributed by atoms with Crippen molar-refractivity contribution in [3.05, 3.63) is 10.1 Å². The average Bonchev–Trinajstić information content (AvgIpc) is 1.95. The maximum atomic E-state index is 10.3. The van der Waals surface area contributed by atoms with Gasteiger partial charge in [0.05, 0.1) is 11.0 Å². The number of hydrogen-bond acceptors (Lipinski definition) is 4. The molecule has 2 N–H and O–H groups in total. The molecule has 0 heterocycles. The summed E-state index contributed by atoms with van der Waals surface area (Å²) in [6, 6.07) is 0. The van der Waals surface area contributed by atoms with Crippen molar-refractivity contribution in [2.75, 3.05) is 0 Å². The van der Waals surface area contributed by atoms with Crippen LogP contribution in [0.5, 0.6) is 0 Å². The van der Waals surface area contributed by atoms with Gasteiger partial charge < -0.3 is 10.2 Å². The highest BCUT2D eigenvalue weighted by Gasteiger charge is 2.43. The summed E-state index contributed by atoms with van der Waals surface area (Å²) in [6.45, 7) is 0. The summed E-state index contributed by atoms with van der Waals surface area (Å²) < 4.78 is 0. The first-order valence-corrected chi connectivity index (χ1v) is 3.59. The topological polar surface area (TPSA) is 83.6 Å². The molecule has 1 saturated carbocycles. The Labute approximate surface area is 63.8 Å². The van der Waals surface area contributed by atoms with Crippen LogP contribution in [0.4, 0.5) is 0 Å². The van der Waals surface area contributed by atoms with Crippen molar-refractivity contribution in [3.63, 3.8) is 0 Å². The quantitative estimate of drug-likeness (QED) is 0.319. The van der Waals surface area contributed by atoms with Gasteiger partial charge in [0.1, 0.15) is 0 Å². The Balaban J connectivity index is 2.55. The molecule has 0 bridgehead atoms. The number of aliphatic hydroxyl groups excluding tert-OH is 1. The SMILES string of the molecule is O=[N+]([O-])C1(O)CCC(O)CC1. The Bertz CT molecular complexity index is 162. The van der Waals surface area contributed by atoms with Crippen LogP contribution in [0, 0.1) is 10.1 Å². The summed E-state index contributed by atoms with van der Waals surface area (Å²) in [7, 11) is 0. The van der Waals surface area contributed by atoms with E-state index in [4.69, 9.17) is 5.11 Å². The summed E-state index contributed by atoms with van der Waals surface area (Å²) in [5.41, 5.74) is -1.78. The highest BCUT2D eigenvalue weighted by atomic mass is 16.7. The van der Waals surface area contributed by atoms with E-state index in [9.17, 15) is 15.2 Å². The van der Waals surface area contributed by atoms with Crippen LogP contribution in [0.25, 0.3) is 0 Å². The van der Waals surface area contributed by atoms with E-state index in [1.165, 1.54) is 0 Å². The van der Waals surface area contributed by atoms with Crippen molar-refractivity contribution >= 4 is 0 Å². The van der Waals surface area contributed by atoms with Gasteiger partial charge >= 0.3 is 5.72 Å². The molecular weight excluding hydrogens is 150 g/mol. The van der Waals surface area contributed by atoms with Gasteiger partial charge in [-0.2, -0.15) is 0 Å². The van der Waals surface area contributed by atoms with Crippen LogP contribution in [0.2, 0.25) is 0 Å². The first-order valence-electron chi connectivity index (χ1n) is 3.59. The Morgan fingerprint density at radius 3 is 2.27 bits per heavy atom. The second-order valence-corrected chi connectivity index (χ2v) is 2.97. The summed E-state index contributed by atoms with van der Waals surface area (Å²) in [6.07, 6.45) is 0.271. The van der Waals surface area contributed by atoms with Crippen LogP contribution in [0.15, 0.2) is 0 Å². The molecule has 1 rings (SSSR count). The molecule has 0 aromatic heterocycles. The minimum atomic E-state index is -1.78. The Kier molecular flexibility index (Phi) is 2.10. The van der Waals surface area contributed by atoms with Gasteiger partial charge in [0.15, 0.2) is 0 Å². The van der Waals surface area contributed by atoms with E-state index in [0.717, 1.165) is 0 Å². The maximum Gasteiger partial charge on any atom is 0.322 e. The van der Waals surface area contributed by atoms with Gasteiger partial charge in [0.2, 0.25) is 0 Å².